The van der Waals surface area contributed by atoms with Gasteiger partial charge in [0.25, 0.3) is 0 Å². The molecule has 0 aromatic rings. The van der Waals surface area contributed by atoms with Crippen molar-refractivity contribution in [2.45, 2.75) is 12.5 Å². The van der Waals surface area contributed by atoms with Gasteiger partial charge in [0.2, 0.25) is 5.04 Å². The maximum Gasteiger partial charge on any atom is 0.213 e. The summed E-state index contributed by atoms with van der Waals surface area (Å²) >= 11 is 1.82. The van der Waals surface area contributed by atoms with Crippen LogP contribution in [0.4, 0.5) is 0 Å². The van der Waals surface area contributed by atoms with Crippen LogP contribution in [-0.4, -0.2) is 42.7 Å². The Morgan fingerprint density at radius 2 is 2.27 bits per heavy atom. The molecule has 11 heavy (non-hydrogen) atoms. The molecular formula is C7H14INOS. The molecule has 0 spiro atoms. The molecule has 66 valence electrons. The van der Waals surface area contributed by atoms with Crippen LogP contribution in [0.3, 0.4) is 0 Å². The summed E-state index contributed by atoms with van der Waals surface area (Å²) < 4.78 is 7.50. The third-order valence-electron chi connectivity index (χ3n) is 1.87. The minimum Gasteiger partial charge on any atom is -1.00 e. The zero-order chi connectivity index (χ0) is 7.56. The molecular weight excluding hydrogens is 273 g/mol. The number of ether oxygens (including phenoxy) is 1. The van der Waals surface area contributed by atoms with Crippen molar-refractivity contribution in [1.29, 1.82) is 0 Å². The summed E-state index contributed by atoms with van der Waals surface area (Å²) in [4.78, 5) is 0. The lowest BCUT2D eigenvalue weighted by molar-refractivity contribution is -0.493. The second-order valence-electron chi connectivity index (χ2n) is 2.54. The maximum absolute atomic E-state index is 5.24. The highest BCUT2D eigenvalue weighted by Gasteiger charge is 2.27. The molecule has 2 nitrogen and oxygen atoms in total. The Labute approximate surface area is 89.4 Å². The van der Waals surface area contributed by atoms with Crippen molar-refractivity contribution in [3.05, 3.63) is 0 Å². The largest absolute Gasteiger partial charge is 1.00 e. The third-order valence-corrected chi connectivity index (χ3v) is 2.82. The SMILES string of the molecule is COC1CC(SC)=[N+](C)C1.[I-]. The summed E-state index contributed by atoms with van der Waals surface area (Å²) in [5, 5.41) is 1.44. The van der Waals surface area contributed by atoms with Gasteiger partial charge in [0.1, 0.15) is 13.2 Å². The first-order chi connectivity index (χ1) is 4.77. The van der Waals surface area contributed by atoms with Crippen LogP contribution in [0.2, 0.25) is 0 Å². The summed E-state index contributed by atoms with van der Waals surface area (Å²) in [5.74, 6) is 0. The minimum absolute atomic E-state index is 0. The van der Waals surface area contributed by atoms with Crippen molar-refractivity contribution >= 4 is 16.8 Å². The van der Waals surface area contributed by atoms with Gasteiger partial charge in [-0.3, -0.25) is 0 Å². The van der Waals surface area contributed by atoms with E-state index in [1.807, 2.05) is 11.8 Å². The quantitative estimate of drug-likeness (QED) is 0.401. The van der Waals surface area contributed by atoms with Crippen LogP contribution in [0.5, 0.6) is 0 Å². The Balaban J connectivity index is 0.000001000. The van der Waals surface area contributed by atoms with Crippen LogP contribution in [0.15, 0.2) is 0 Å². The Morgan fingerprint density at radius 1 is 1.64 bits per heavy atom. The second-order valence-corrected chi connectivity index (χ2v) is 3.42. The number of likely N-dealkylation sites (N-methyl/N-ethyl adjacent to an activating group) is 1. The van der Waals surface area contributed by atoms with Crippen LogP contribution in [0, 0.1) is 0 Å². The Kier molecular flexibility index (Phi) is 5.72. The first kappa shape index (κ1) is 11.7. The van der Waals surface area contributed by atoms with Crippen LogP contribution >= 0.6 is 11.8 Å². The topological polar surface area (TPSA) is 12.2 Å². The second kappa shape index (κ2) is 5.37. The molecule has 1 aliphatic rings. The summed E-state index contributed by atoms with van der Waals surface area (Å²) in [7, 11) is 3.90. The molecule has 0 saturated heterocycles. The van der Waals surface area contributed by atoms with Gasteiger partial charge >= 0.3 is 0 Å². The van der Waals surface area contributed by atoms with Crippen molar-refractivity contribution in [2.75, 3.05) is 27.0 Å². The highest BCUT2D eigenvalue weighted by atomic mass is 127. The van der Waals surface area contributed by atoms with Crippen molar-refractivity contribution in [2.24, 2.45) is 0 Å². The molecule has 0 aromatic heterocycles. The highest BCUT2D eigenvalue weighted by Crippen LogP contribution is 2.14. The molecule has 1 heterocycles. The number of halogens is 1. The standard InChI is InChI=1S/C7H14NOS.HI/c1-8-5-6(9-2)4-7(8)10-3;/h6H,4-5H2,1-3H3;1H/q+1;/p-1. The van der Waals surface area contributed by atoms with E-state index in [0.29, 0.717) is 6.10 Å². The van der Waals surface area contributed by atoms with Gasteiger partial charge in [0, 0.05) is 7.11 Å². The van der Waals surface area contributed by atoms with E-state index in [4.69, 9.17) is 4.74 Å². The molecule has 0 N–H and O–H groups in total. The van der Waals surface area contributed by atoms with Crippen LogP contribution < -0.4 is 24.0 Å². The van der Waals surface area contributed by atoms with Crippen molar-refractivity contribution < 1.29 is 33.3 Å². The van der Waals surface area contributed by atoms with E-state index < -0.39 is 0 Å². The molecule has 0 aromatic carbocycles. The molecule has 0 bridgehead atoms. The lowest BCUT2D eigenvalue weighted by atomic mass is 10.3. The van der Waals surface area contributed by atoms with Gasteiger partial charge < -0.3 is 28.7 Å². The molecule has 4 heteroatoms. The van der Waals surface area contributed by atoms with E-state index in [9.17, 15) is 0 Å². The van der Waals surface area contributed by atoms with Gasteiger partial charge in [-0.05, 0) is 6.26 Å². The first-order valence-electron chi connectivity index (χ1n) is 3.41. The normalized spacial score (nSPS) is 23.7. The number of hydrogen-bond acceptors (Lipinski definition) is 2. The zero-order valence-electron chi connectivity index (χ0n) is 7.13. The summed E-state index contributed by atoms with van der Waals surface area (Å²) in [6.45, 7) is 1.05. The van der Waals surface area contributed by atoms with Gasteiger partial charge in [0.15, 0.2) is 6.54 Å². The Bertz CT molecular complexity index is 161. The molecule has 0 saturated carbocycles. The summed E-state index contributed by atoms with van der Waals surface area (Å²) in [5.41, 5.74) is 0. The average molecular weight is 287 g/mol. The smallest absolute Gasteiger partial charge is 0.213 e. The summed E-state index contributed by atoms with van der Waals surface area (Å²) in [6, 6.07) is 0. The first-order valence-corrected chi connectivity index (χ1v) is 4.64. The van der Waals surface area contributed by atoms with E-state index >= 15 is 0 Å². The highest BCUT2D eigenvalue weighted by molar-refractivity contribution is 8.13. The van der Waals surface area contributed by atoms with Crippen LogP contribution in [0.25, 0.3) is 0 Å². The molecule has 0 amide bonds. The van der Waals surface area contributed by atoms with Crippen LogP contribution in [0.1, 0.15) is 6.42 Å². The van der Waals surface area contributed by atoms with Crippen molar-refractivity contribution in [3.8, 4) is 0 Å². The fraction of sp³-hybridized carbons (Fsp3) is 0.857. The van der Waals surface area contributed by atoms with Gasteiger partial charge in [-0.25, -0.2) is 4.58 Å². The molecule has 1 rings (SSSR count). The monoisotopic (exact) mass is 287 g/mol. The maximum atomic E-state index is 5.24. The van der Waals surface area contributed by atoms with Gasteiger partial charge in [-0.15, -0.1) is 0 Å². The minimum atomic E-state index is 0. The number of rotatable bonds is 1. The predicted octanol–water partition coefficient (Wildman–Crippen LogP) is -2.19. The van der Waals surface area contributed by atoms with E-state index in [-0.39, 0.29) is 24.0 Å². The van der Waals surface area contributed by atoms with E-state index in [0.717, 1.165) is 13.0 Å². The van der Waals surface area contributed by atoms with Crippen LogP contribution in [-0.2, 0) is 4.74 Å². The average Bonchev–Trinajstić information content (AvgIpc) is 2.30. The molecule has 1 unspecified atom stereocenters. The Hall–Kier alpha value is 0.710. The lowest BCUT2D eigenvalue weighted by Crippen LogP contribution is -3.00. The molecule has 1 aliphatic heterocycles. The van der Waals surface area contributed by atoms with E-state index in [1.54, 1.807) is 7.11 Å². The van der Waals surface area contributed by atoms with Crippen molar-refractivity contribution in [1.82, 2.24) is 0 Å². The molecule has 0 aliphatic carbocycles. The number of methoxy groups -OCH3 is 1. The lowest BCUT2D eigenvalue weighted by Gasteiger charge is -1.99. The zero-order valence-corrected chi connectivity index (χ0v) is 10.1. The van der Waals surface area contributed by atoms with Gasteiger partial charge in [-0.2, -0.15) is 0 Å². The Morgan fingerprint density at radius 3 is 2.55 bits per heavy atom. The molecule has 0 fully saturated rings. The fourth-order valence-electron chi connectivity index (χ4n) is 1.22. The van der Waals surface area contributed by atoms with Crippen molar-refractivity contribution in [3.63, 3.8) is 0 Å². The third kappa shape index (κ3) is 2.91. The fourth-order valence-corrected chi connectivity index (χ4v) is 1.96. The van der Waals surface area contributed by atoms with E-state index in [2.05, 4.69) is 17.9 Å². The van der Waals surface area contributed by atoms with E-state index in [1.165, 1.54) is 5.04 Å². The molecule has 1 atom stereocenters. The summed E-state index contributed by atoms with van der Waals surface area (Å²) in [6.07, 6.45) is 3.63. The van der Waals surface area contributed by atoms with Gasteiger partial charge in [0.05, 0.1) is 6.42 Å². The number of nitrogens with zero attached hydrogens (tertiary/aromatic N) is 1. The predicted molar refractivity (Wildman–Crippen MR) is 45.0 cm³/mol. The van der Waals surface area contributed by atoms with Gasteiger partial charge in [-0.1, -0.05) is 11.8 Å². The number of thioether (sulfide) groups is 1. The number of hydrogen-bond donors (Lipinski definition) is 0. The molecule has 0 radical (unpaired) electrons.